The average molecular weight is 330 g/mol. The molecule has 0 fully saturated rings. The zero-order chi connectivity index (χ0) is 17.0. The maximum atomic E-state index is 12.8. The third-order valence-corrected chi connectivity index (χ3v) is 3.05. The molecule has 0 saturated heterocycles. The van der Waals surface area contributed by atoms with Crippen molar-refractivity contribution in [1.82, 2.24) is 10.3 Å². The minimum atomic E-state index is -4.58. The van der Waals surface area contributed by atoms with Gasteiger partial charge in [0.15, 0.2) is 0 Å². The average Bonchev–Trinajstić information content (AvgIpc) is 2.52. The fraction of sp³-hybridized carbons (Fsp3) is 0.200. The Labute approximate surface area is 128 Å². The highest BCUT2D eigenvalue weighted by molar-refractivity contribution is 5.80. The Morgan fingerprint density at radius 3 is 2.35 bits per heavy atom. The molecule has 0 spiro atoms. The molecule has 1 unspecified atom stereocenters. The highest BCUT2D eigenvalue weighted by Crippen LogP contribution is 2.32. The second kappa shape index (κ2) is 6.72. The summed E-state index contributed by atoms with van der Waals surface area (Å²) in [6.45, 7) is 0. The molecule has 8 heteroatoms. The van der Waals surface area contributed by atoms with Crippen LogP contribution in [0.3, 0.4) is 0 Å². The summed E-state index contributed by atoms with van der Waals surface area (Å²) in [5, 5.41) is 2.03. The van der Waals surface area contributed by atoms with Crippen LogP contribution < -0.4 is 5.32 Å². The predicted molar refractivity (Wildman–Crippen MR) is 71.7 cm³/mol. The van der Waals surface area contributed by atoms with Gasteiger partial charge in [0.2, 0.25) is 0 Å². The number of pyridine rings is 1. The second-order valence-corrected chi connectivity index (χ2v) is 4.65. The first-order chi connectivity index (χ1) is 10.8. The molecule has 23 heavy (non-hydrogen) atoms. The summed E-state index contributed by atoms with van der Waals surface area (Å²) in [7, 11) is 0. The first kappa shape index (κ1) is 16.9. The van der Waals surface area contributed by atoms with Crippen molar-refractivity contribution in [3.05, 3.63) is 65.5 Å². The van der Waals surface area contributed by atoms with Gasteiger partial charge in [-0.25, -0.2) is 0 Å². The van der Waals surface area contributed by atoms with Gasteiger partial charge in [-0.15, -0.1) is 0 Å². The Hall–Kier alpha value is -2.51. The third-order valence-electron chi connectivity index (χ3n) is 3.05. The van der Waals surface area contributed by atoms with Gasteiger partial charge in [0.1, 0.15) is 0 Å². The van der Waals surface area contributed by atoms with E-state index in [0.29, 0.717) is 5.56 Å². The van der Waals surface area contributed by atoms with E-state index in [4.69, 9.17) is 0 Å². The van der Waals surface area contributed by atoms with E-state index in [1.54, 1.807) is 0 Å². The van der Waals surface area contributed by atoms with Crippen LogP contribution in [0.2, 0.25) is 0 Å². The van der Waals surface area contributed by atoms with Crippen LogP contribution in [0.4, 0.5) is 22.0 Å². The molecule has 122 valence electrons. The molecule has 0 radical (unpaired) electrons. The van der Waals surface area contributed by atoms with Crippen LogP contribution in [0.1, 0.15) is 22.7 Å². The largest absolute Gasteiger partial charge is 0.416 e. The zero-order valence-corrected chi connectivity index (χ0v) is 11.5. The van der Waals surface area contributed by atoms with E-state index >= 15 is 0 Å². The van der Waals surface area contributed by atoms with E-state index in [9.17, 15) is 26.7 Å². The van der Waals surface area contributed by atoms with E-state index in [1.807, 2.05) is 5.32 Å². The quantitative estimate of drug-likeness (QED) is 0.871. The van der Waals surface area contributed by atoms with Gasteiger partial charge in [0, 0.05) is 12.4 Å². The molecule has 0 saturated carbocycles. The summed E-state index contributed by atoms with van der Waals surface area (Å²) in [4.78, 5) is 15.1. The number of rotatable bonds is 4. The molecular weight excluding hydrogens is 319 g/mol. The minimum absolute atomic E-state index is 0.0295. The summed E-state index contributed by atoms with van der Waals surface area (Å²) in [6, 6.07) is 5.94. The fourth-order valence-corrected chi connectivity index (χ4v) is 2.01. The van der Waals surface area contributed by atoms with Gasteiger partial charge in [0.25, 0.3) is 5.91 Å². The number of benzene rings is 1. The van der Waals surface area contributed by atoms with E-state index in [2.05, 4.69) is 4.98 Å². The molecule has 2 rings (SSSR count). The molecule has 0 aliphatic carbocycles. The lowest BCUT2D eigenvalue weighted by Gasteiger charge is -2.20. The van der Waals surface area contributed by atoms with Gasteiger partial charge in [-0.1, -0.05) is 18.2 Å². The predicted octanol–water partition coefficient (Wildman–Crippen LogP) is 3.57. The van der Waals surface area contributed by atoms with Crippen LogP contribution >= 0.6 is 0 Å². The first-order valence-corrected chi connectivity index (χ1v) is 6.44. The maximum Gasteiger partial charge on any atom is 0.416 e. The molecule has 3 nitrogen and oxygen atoms in total. The molecule has 1 atom stereocenters. The number of aromatic nitrogens is 1. The second-order valence-electron chi connectivity index (χ2n) is 4.65. The number of nitrogens with one attached hydrogen (secondary N) is 1. The van der Waals surface area contributed by atoms with Gasteiger partial charge < -0.3 is 5.32 Å². The molecule has 1 aromatic carbocycles. The number of amides is 1. The summed E-state index contributed by atoms with van der Waals surface area (Å²) in [5.41, 5.74) is -0.613. The van der Waals surface area contributed by atoms with Crippen LogP contribution in [0.25, 0.3) is 0 Å². The van der Waals surface area contributed by atoms with Gasteiger partial charge in [-0.3, -0.25) is 9.78 Å². The maximum absolute atomic E-state index is 12.8. The van der Waals surface area contributed by atoms with E-state index < -0.39 is 30.1 Å². The number of halogens is 5. The highest BCUT2D eigenvalue weighted by Gasteiger charge is 2.31. The topological polar surface area (TPSA) is 42.0 Å². The monoisotopic (exact) mass is 330 g/mol. The number of hydrogen-bond acceptors (Lipinski definition) is 2. The minimum Gasteiger partial charge on any atom is -0.340 e. The van der Waals surface area contributed by atoms with Crippen LogP contribution in [0.5, 0.6) is 0 Å². The van der Waals surface area contributed by atoms with Crippen molar-refractivity contribution in [2.75, 3.05) is 0 Å². The lowest BCUT2D eigenvalue weighted by molar-refractivity contribution is -0.137. The summed E-state index contributed by atoms with van der Waals surface area (Å²) in [5.74, 6) is -1.57. The van der Waals surface area contributed by atoms with Gasteiger partial charge >= 0.3 is 12.6 Å². The Balaban J connectivity index is 2.44. The summed E-state index contributed by atoms with van der Waals surface area (Å²) in [6.07, 6.45) is -5.15. The highest BCUT2D eigenvalue weighted by atomic mass is 19.4. The lowest BCUT2D eigenvalue weighted by Crippen LogP contribution is -2.34. The fourth-order valence-electron chi connectivity index (χ4n) is 2.01. The smallest absolute Gasteiger partial charge is 0.340 e. The Kier molecular flexibility index (Phi) is 4.92. The molecule has 2 aromatic rings. The summed E-state index contributed by atoms with van der Waals surface area (Å²) < 4.78 is 63.4. The zero-order valence-electron chi connectivity index (χ0n) is 11.5. The molecule has 1 N–H and O–H groups in total. The van der Waals surface area contributed by atoms with E-state index in [-0.39, 0.29) is 5.56 Å². The normalized spacial score (nSPS) is 13.0. The Morgan fingerprint density at radius 2 is 1.78 bits per heavy atom. The number of hydrogen-bond donors (Lipinski definition) is 1. The standard InChI is InChI=1S/C15H11F5N2O/c16-13(17)14(23)22-12(10-4-2-6-21-8-10)9-3-1-5-11(7-9)15(18,19)20/h1-8,12-13H,(H,22,23). The number of carbonyl (C=O) groups is 1. The van der Waals surface area contributed by atoms with E-state index in [0.717, 1.165) is 18.2 Å². The molecule has 0 bridgehead atoms. The van der Waals surface area contributed by atoms with Crippen molar-refractivity contribution in [1.29, 1.82) is 0 Å². The molecule has 0 aliphatic rings. The number of alkyl halides is 5. The molecular formula is C15H11F5N2O. The van der Waals surface area contributed by atoms with Gasteiger partial charge in [0.05, 0.1) is 11.6 Å². The van der Waals surface area contributed by atoms with Crippen LogP contribution in [-0.2, 0) is 11.0 Å². The number of carbonyl (C=O) groups excluding carboxylic acids is 1. The van der Waals surface area contributed by atoms with Crippen LogP contribution in [0.15, 0.2) is 48.8 Å². The summed E-state index contributed by atoms with van der Waals surface area (Å²) >= 11 is 0. The van der Waals surface area contributed by atoms with Crippen molar-refractivity contribution in [2.45, 2.75) is 18.6 Å². The van der Waals surface area contributed by atoms with Crippen molar-refractivity contribution in [3.8, 4) is 0 Å². The Morgan fingerprint density at radius 1 is 1.09 bits per heavy atom. The Bertz CT molecular complexity index is 673. The van der Waals surface area contributed by atoms with Crippen molar-refractivity contribution in [3.63, 3.8) is 0 Å². The SMILES string of the molecule is O=C(NC(c1cccnc1)c1cccc(C(F)(F)F)c1)C(F)F. The van der Waals surface area contributed by atoms with Gasteiger partial charge in [-0.05, 0) is 29.3 Å². The molecule has 1 heterocycles. The van der Waals surface area contributed by atoms with Crippen molar-refractivity contribution >= 4 is 5.91 Å². The lowest BCUT2D eigenvalue weighted by atomic mass is 9.98. The van der Waals surface area contributed by atoms with Crippen molar-refractivity contribution < 1.29 is 26.7 Å². The van der Waals surface area contributed by atoms with Crippen LogP contribution in [-0.4, -0.2) is 17.3 Å². The molecule has 1 aromatic heterocycles. The number of nitrogens with zero attached hydrogens (tertiary/aromatic N) is 1. The van der Waals surface area contributed by atoms with Crippen molar-refractivity contribution in [2.24, 2.45) is 0 Å². The third kappa shape index (κ3) is 4.24. The molecule has 0 aliphatic heterocycles. The van der Waals surface area contributed by atoms with Gasteiger partial charge in [-0.2, -0.15) is 22.0 Å². The molecule has 1 amide bonds. The van der Waals surface area contributed by atoms with E-state index in [1.165, 1.54) is 30.6 Å². The van der Waals surface area contributed by atoms with Crippen LogP contribution in [0, 0.1) is 0 Å². The first-order valence-electron chi connectivity index (χ1n) is 6.44.